The van der Waals surface area contributed by atoms with Gasteiger partial charge in [0.1, 0.15) is 0 Å². The third-order valence-corrected chi connectivity index (χ3v) is 5.62. The van der Waals surface area contributed by atoms with Gasteiger partial charge in [-0.05, 0) is 27.9 Å². The molecule has 5 aromatic rings. The van der Waals surface area contributed by atoms with E-state index in [-0.39, 0.29) is 55.8 Å². The van der Waals surface area contributed by atoms with Gasteiger partial charge >= 0.3 is 20.1 Å². The first kappa shape index (κ1) is 18.4. The average Bonchev–Trinajstić information content (AvgIpc) is 3.28. The first-order valence-corrected chi connectivity index (χ1v) is 10.3. The summed E-state index contributed by atoms with van der Waals surface area (Å²) in [5, 5.41) is 11.6. The van der Waals surface area contributed by atoms with Gasteiger partial charge in [0.25, 0.3) is 0 Å². The summed E-state index contributed by atoms with van der Waals surface area (Å²) in [4.78, 5) is 4.07. The Morgan fingerprint density at radius 1 is 1.03 bits per heavy atom. The van der Waals surface area contributed by atoms with E-state index in [4.69, 9.17) is 5.48 Å². The molecule has 0 aliphatic heterocycles. The van der Waals surface area contributed by atoms with Gasteiger partial charge in [0.15, 0.2) is 0 Å². The number of aromatic nitrogens is 1. The van der Waals surface area contributed by atoms with Gasteiger partial charge in [-0.1, -0.05) is 54.4 Å². The van der Waals surface area contributed by atoms with E-state index < -0.39 is 0 Å². The predicted molar refractivity (Wildman–Crippen MR) is 133 cm³/mol. The molecule has 0 radical (unpaired) electrons. The first-order chi connectivity index (χ1) is 16.9. The van der Waals surface area contributed by atoms with Crippen molar-refractivity contribution in [1.29, 1.82) is 0 Å². The van der Waals surface area contributed by atoms with Crippen molar-refractivity contribution in [2.45, 2.75) is 0 Å². The SMILES string of the molecule is C=C/C=C\C(=[N-])c1[c-]cccc1.[2H]c1nc(-c2[c-]ccc3c2sc2ccccc23)c([2H])c([2H])c1[2H].[Ir+3]. The molecule has 0 fully saturated rings. The molecule has 0 saturated carbocycles. The largest absolute Gasteiger partial charge is 3.00 e. The second-order valence-corrected chi connectivity index (χ2v) is 7.45. The molecule has 3 aromatic carbocycles. The van der Waals surface area contributed by atoms with Gasteiger partial charge in [0.2, 0.25) is 0 Å². The van der Waals surface area contributed by atoms with Crippen LogP contribution in [0.3, 0.4) is 0 Å². The van der Waals surface area contributed by atoms with E-state index >= 15 is 0 Å². The van der Waals surface area contributed by atoms with Crippen LogP contribution in [-0.4, -0.2) is 10.7 Å². The fraction of sp³-hybridized carbons (Fsp3) is 0. The molecule has 0 amide bonds. The van der Waals surface area contributed by atoms with Crippen LogP contribution >= 0.6 is 11.3 Å². The summed E-state index contributed by atoms with van der Waals surface area (Å²) in [6.45, 7) is 3.50. The smallest absolute Gasteiger partial charge is 0.855 e. The van der Waals surface area contributed by atoms with Gasteiger partial charge in [-0.15, -0.1) is 60.2 Å². The second kappa shape index (κ2) is 11.4. The Kier molecular flexibility index (Phi) is 6.59. The van der Waals surface area contributed by atoms with Crippen LogP contribution in [0.2, 0.25) is 0 Å². The minimum Gasteiger partial charge on any atom is -0.855 e. The maximum atomic E-state index is 9.40. The number of nitrogens with zero attached hydrogens (tertiary/aromatic N) is 2. The van der Waals surface area contributed by atoms with Crippen LogP contribution in [0.1, 0.15) is 11.0 Å². The van der Waals surface area contributed by atoms with Gasteiger partial charge in [-0.3, -0.25) is 0 Å². The molecule has 2 nitrogen and oxygen atoms in total. The van der Waals surface area contributed by atoms with Gasteiger partial charge in [-0.2, -0.15) is 16.9 Å². The Bertz CT molecular complexity index is 1580. The molecule has 0 N–H and O–H groups in total. The summed E-state index contributed by atoms with van der Waals surface area (Å²) in [7, 11) is 0. The van der Waals surface area contributed by atoms with Gasteiger partial charge < -0.3 is 10.4 Å². The van der Waals surface area contributed by atoms with E-state index in [9.17, 15) is 5.41 Å². The summed E-state index contributed by atoms with van der Waals surface area (Å²) >= 11 is 1.58. The van der Waals surface area contributed by atoms with Crippen LogP contribution in [-0.2, 0) is 20.1 Å². The molecule has 32 heavy (non-hydrogen) atoms. The number of allylic oxidation sites excluding steroid dienone is 3. The number of fused-ring (bicyclic) bond motifs is 3. The maximum absolute atomic E-state index is 9.40. The summed E-state index contributed by atoms with van der Waals surface area (Å²) < 4.78 is 33.4. The topological polar surface area (TPSA) is 35.2 Å². The third-order valence-electron chi connectivity index (χ3n) is 4.42. The molecule has 0 unspecified atom stereocenters. The van der Waals surface area contributed by atoms with Crippen molar-refractivity contribution >= 4 is 37.2 Å². The third kappa shape index (κ3) is 5.35. The van der Waals surface area contributed by atoms with Gasteiger partial charge in [-0.25, -0.2) is 5.71 Å². The van der Waals surface area contributed by atoms with Crippen molar-refractivity contribution in [3.63, 3.8) is 0 Å². The number of pyridine rings is 1. The van der Waals surface area contributed by atoms with Crippen molar-refractivity contribution < 1.29 is 25.6 Å². The molecular formula is C28H19IrN2S. The molecule has 0 saturated heterocycles. The minimum atomic E-state index is -0.317. The summed E-state index contributed by atoms with van der Waals surface area (Å²) in [6.07, 6.45) is 4.58. The summed E-state index contributed by atoms with van der Waals surface area (Å²) in [5.41, 5.74) is 1.76. The monoisotopic (exact) mass is 612 g/mol. The number of benzene rings is 3. The molecule has 0 spiro atoms. The number of hydrogen-bond acceptors (Lipinski definition) is 2. The van der Waals surface area contributed by atoms with Crippen molar-refractivity contribution in [3.8, 4) is 11.3 Å². The molecule has 0 aliphatic rings. The normalized spacial score (nSPS) is 12.1. The zero-order chi connectivity index (χ0) is 24.9. The standard InChI is InChI=1S/C17H10NS.C11H9N.Ir/c1-2-10-16-12(6-1)13-7-5-8-14(17(13)19-16)15-9-3-4-11-18-15;1-2-3-9-11(12)10-7-5-4-6-8-10;/h1-7,9-11H;2-7,9H,1H2;/q-1;-2;+3/b;9-3-;/i3D,4D,9D,11D;;. The van der Waals surface area contributed by atoms with E-state index in [2.05, 4.69) is 23.7 Å². The van der Waals surface area contributed by atoms with E-state index in [1.807, 2.05) is 42.5 Å². The maximum Gasteiger partial charge on any atom is 3.00 e. The van der Waals surface area contributed by atoms with E-state index in [1.54, 1.807) is 47.8 Å². The van der Waals surface area contributed by atoms with Crippen LogP contribution in [0.5, 0.6) is 0 Å². The average molecular weight is 612 g/mol. The molecule has 0 bridgehead atoms. The molecule has 156 valence electrons. The van der Waals surface area contributed by atoms with Crippen molar-refractivity contribution in [2.24, 2.45) is 0 Å². The Labute approximate surface area is 211 Å². The van der Waals surface area contributed by atoms with Crippen molar-refractivity contribution in [3.05, 3.63) is 133 Å². The van der Waals surface area contributed by atoms with Crippen LogP contribution in [0.25, 0.3) is 36.8 Å². The quantitative estimate of drug-likeness (QED) is 0.118. The van der Waals surface area contributed by atoms with E-state index in [0.717, 1.165) is 20.2 Å². The zero-order valence-corrected chi connectivity index (χ0v) is 20.1. The summed E-state index contributed by atoms with van der Waals surface area (Å²) in [6, 6.07) is 24.3. The molecule has 4 heteroatoms. The number of rotatable bonds is 4. The Morgan fingerprint density at radius 3 is 2.69 bits per heavy atom. The van der Waals surface area contributed by atoms with Crippen molar-refractivity contribution in [2.75, 3.05) is 0 Å². The van der Waals surface area contributed by atoms with Crippen LogP contribution in [0, 0.1) is 12.1 Å². The molecular weight excluding hydrogens is 589 g/mol. The van der Waals surface area contributed by atoms with Crippen LogP contribution < -0.4 is 0 Å². The van der Waals surface area contributed by atoms with Crippen LogP contribution in [0.4, 0.5) is 0 Å². The Balaban J connectivity index is 0.000000237. The van der Waals surface area contributed by atoms with E-state index in [1.165, 1.54) is 0 Å². The predicted octanol–water partition coefficient (Wildman–Crippen LogP) is 7.50. The minimum absolute atomic E-state index is 0. The van der Waals surface area contributed by atoms with Gasteiger partial charge in [0.05, 0.1) is 5.48 Å². The number of thiophene rings is 1. The van der Waals surface area contributed by atoms with Crippen LogP contribution in [0.15, 0.2) is 110 Å². The summed E-state index contributed by atoms with van der Waals surface area (Å²) in [5.74, 6) is 0. The Morgan fingerprint density at radius 2 is 1.88 bits per heavy atom. The fourth-order valence-corrected chi connectivity index (χ4v) is 4.22. The molecule has 0 atom stereocenters. The Hall–Kier alpha value is -3.17. The van der Waals surface area contributed by atoms with Gasteiger partial charge in [0, 0.05) is 10.9 Å². The molecule has 2 heterocycles. The number of hydrogen-bond donors (Lipinski definition) is 0. The van der Waals surface area contributed by atoms with Crippen molar-refractivity contribution in [1.82, 2.24) is 4.98 Å². The molecule has 0 aliphatic carbocycles. The fourth-order valence-electron chi connectivity index (χ4n) is 3.02. The molecule has 5 rings (SSSR count). The first-order valence-electron chi connectivity index (χ1n) is 11.5. The second-order valence-electron chi connectivity index (χ2n) is 6.40. The zero-order valence-electron chi connectivity index (χ0n) is 20.8. The molecule has 2 aromatic heterocycles. The van der Waals surface area contributed by atoms with E-state index in [0.29, 0.717) is 11.1 Å².